The predicted octanol–water partition coefficient (Wildman–Crippen LogP) is 9.18. The molecule has 0 aromatic heterocycles. The Morgan fingerprint density at radius 3 is 1.17 bits per heavy atom. The molecule has 0 amide bonds. The fourth-order valence-electron chi connectivity index (χ4n) is 7.01. The van der Waals surface area contributed by atoms with Crippen LogP contribution in [0.1, 0.15) is 94.9 Å². The van der Waals surface area contributed by atoms with Gasteiger partial charge in [0.15, 0.2) is 12.6 Å². The molecule has 0 aliphatic carbocycles. The van der Waals surface area contributed by atoms with Gasteiger partial charge in [0.25, 0.3) is 0 Å². The highest BCUT2D eigenvalue weighted by molar-refractivity contribution is 6.74. The molecule has 12 atom stereocenters. The third kappa shape index (κ3) is 8.65. The number of rotatable bonds is 9. The lowest BCUT2D eigenvalue weighted by Gasteiger charge is -2.50. The maximum absolute atomic E-state index is 7.11. The summed E-state index contributed by atoms with van der Waals surface area (Å²) in [6.45, 7) is 31.9. The maximum atomic E-state index is 7.11. The quantitative estimate of drug-likeness (QED) is 0.220. The Kier molecular flexibility index (Phi) is 12.6. The third-order valence-electron chi connectivity index (χ3n) is 12.5. The largest absolute Gasteiger partial charge is 0.546 e. The first-order valence-corrected chi connectivity index (χ1v) is 24.4. The van der Waals surface area contributed by atoms with E-state index in [9.17, 15) is 0 Å². The van der Waals surface area contributed by atoms with E-state index in [0.717, 1.165) is 37.2 Å². The Balaban J connectivity index is 1.52. The second-order valence-electron chi connectivity index (χ2n) is 18.2. The van der Waals surface area contributed by atoms with Gasteiger partial charge in [0.05, 0.1) is 48.1 Å². The summed E-state index contributed by atoms with van der Waals surface area (Å²) in [5.41, 5.74) is 0. The van der Waals surface area contributed by atoms with Gasteiger partial charge in [-0.25, -0.2) is 0 Å². The van der Waals surface area contributed by atoms with Crippen LogP contribution in [0.25, 0.3) is 0 Å². The molecule has 10 heteroatoms. The molecule has 0 aromatic rings. The summed E-state index contributed by atoms with van der Waals surface area (Å²) in [4.78, 5) is 0. The van der Waals surface area contributed by atoms with Crippen molar-refractivity contribution >= 4 is 16.6 Å². The molecule has 2 fully saturated rings. The number of methoxy groups -OCH3 is 2. The van der Waals surface area contributed by atoms with Crippen LogP contribution in [0.4, 0.5) is 0 Å². The van der Waals surface area contributed by atoms with E-state index < -0.39 is 29.2 Å². The monoisotopic (exact) mass is 710 g/mol. The normalized spacial score (nSPS) is 39.0. The molecular formula is C38H70O8Si2. The number of hydrogen-bond donors (Lipinski definition) is 0. The fourth-order valence-corrected chi connectivity index (χ4v) is 9.31. The average Bonchev–Trinajstić information content (AvgIpc) is 2.98. The molecule has 4 rings (SSSR count). The van der Waals surface area contributed by atoms with E-state index in [4.69, 9.17) is 37.3 Å². The van der Waals surface area contributed by atoms with E-state index in [0.29, 0.717) is 11.8 Å². The van der Waals surface area contributed by atoms with Crippen LogP contribution < -0.4 is 0 Å². The van der Waals surface area contributed by atoms with Crippen molar-refractivity contribution in [3.05, 3.63) is 23.7 Å². The van der Waals surface area contributed by atoms with Crippen LogP contribution in [0, 0.1) is 23.7 Å². The van der Waals surface area contributed by atoms with Crippen LogP contribution in [0.3, 0.4) is 0 Å². The minimum absolute atomic E-state index is 0.0513. The van der Waals surface area contributed by atoms with Crippen LogP contribution in [-0.4, -0.2) is 80.1 Å². The van der Waals surface area contributed by atoms with Crippen molar-refractivity contribution in [1.82, 2.24) is 0 Å². The van der Waals surface area contributed by atoms with Crippen LogP contribution in [-0.2, 0) is 37.3 Å². The second-order valence-corrected chi connectivity index (χ2v) is 27.7. The fraction of sp³-hybridized carbons (Fsp3) is 0.895. The highest BCUT2D eigenvalue weighted by Crippen LogP contribution is 2.46. The maximum Gasteiger partial charge on any atom is 0.250 e. The van der Waals surface area contributed by atoms with E-state index in [-0.39, 0.29) is 58.5 Å². The lowest BCUT2D eigenvalue weighted by Crippen LogP contribution is -2.56. The summed E-state index contributed by atoms with van der Waals surface area (Å²) in [5.74, 6) is 2.77. The van der Waals surface area contributed by atoms with Crippen LogP contribution in [0.2, 0.25) is 36.3 Å². The van der Waals surface area contributed by atoms with E-state index in [2.05, 4.69) is 95.4 Å². The Morgan fingerprint density at radius 1 is 0.542 bits per heavy atom. The molecule has 0 aromatic carbocycles. The first-order chi connectivity index (χ1) is 22.1. The molecule has 278 valence electrons. The average molecular weight is 711 g/mol. The predicted molar refractivity (Wildman–Crippen MR) is 197 cm³/mol. The summed E-state index contributed by atoms with van der Waals surface area (Å²) in [6, 6.07) is 0. The SMILES string of the molecule is COC1C=C(O[Si](C)(C)C(C)(C)C)[C@@H](C)[C@H]([C@H]2CC[C@H](C)[C@@H]([C@H]3O[C@@H]([C@@H]4OC(OC)C=C(O[Si](C)(C)C(C)(C)C)[C@@H]4C)CC[C@@H]3C)O2)O1. The molecule has 4 aliphatic rings. The first kappa shape index (κ1) is 40.1. The van der Waals surface area contributed by atoms with Gasteiger partial charge in [0, 0.05) is 38.2 Å². The van der Waals surface area contributed by atoms with Gasteiger partial charge in [-0.15, -0.1) is 0 Å². The molecule has 0 spiro atoms. The van der Waals surface area contributed by atoms with Crippen molar-refractivity contribution in [2.45, 2.75) is 180 Å². The zero-order valence-corrected chi connectivity index (χ0v) is 35.2. The number of hydrogen-bond acceptors (Lipinski definition) is 8. The molecule has 4 heterocycles. The van der Waals surface area contributed by atoms with Crippen molar-refractivity contribution in [2.24, 2.45) is 23.7 Å². The summed E-state index contributed by atoms with van der Waals surface area (Å²) in [6.07, 6.45) is 6.46. The lowest BCUT2D eigenvalue weighted by molar-refractivity contribution is -0.259. The van der Waals surface area contributed by atoms with E-state index >= 15 is 0 Å². The van der Waals surface area contributed by atoms with Gasteiger partial charge in [-0.2, -0.15) is 0 Å². The van der Waals surface area contributed by atoms with Gasteiger partial charge < -0.3 is 37.3 Å². The molecule has 0 N–H and O–H groups in total. The van der Waals surface area contributed by atoms with Crippen LogP contribution >= 0.6 is 0 Å². The van der Waals surface area contributed by atoms with Crippen molar-refractivity contribution in [2.75, 3.05) is 14.2 Å². The molecule has 48 heavy (non-hydrogen) atoms. The zero-order chi connectivity index (χ0) is 36.0. The van der Waals surface area contributed by atoms with Crippen molar-refractivity contribution in [3.63, 3.8) is 0 Å². The molecule has 4 aliphatic heterocycles. The molecular weight excluding hydrogens is 641 g/mol. The van der Waals surface area contributed by atoms with Gasteiger partial charge >= 0.3 is 0 Å². The van der Waals surface area contributed by atoms with Crippen LogP contribution in [0.5, 0.6) is 0 Å². The van der Waals surface area contributed by atoms with Gasteiger partial charge in [0.2, 0.25) is 16.6 Å². The molecule has 8 nitrogen and oxygen atoms in total. The highest BCUT2D eigenvalue weighted by atomic mass is 28.4. The highest BCUT2D eigenvalue weighted by Gasteiger charge is 2.50. The molecule has 0 bridgehead atoms. The summed E-state index contributed by atoms with van der Waals surface area (Å²) >= 11 is 0. The van der Waals surface area contributed by atoms with Gasteiger partial charge in [-0.1, -0.05) is 69.2 Å². The van der Waals surface area contributed by atoms with Gasteiger partial charge in [0.1, 0.15) is 0 Å². The lowest BCUT2D eigenvalue weighted by atomic mass is 9.79. The molecule has 0 radical (unpaired) electrons. The summed E-state index contributed by atoms with van der Waals surface area (Å²) in [7, 11) is -0.712. The Hall–Kier alpha value is -0.726. The summed E-state index contributed by atoms with van der Waals surface area (Å²) in [5, 5.41) is 0.181. The standard InChI is InChI=1S/C38H70O8Si2/c1-23-17-19-27(35-25(3)29(21-31(39-11)43-35)45-47(13,14)37(5,6)7)41-33(23)34-24(2)18-20-28(42-34)36-26(4)30(22-32(40-12)44-36)46-48(15,16)38(8,9)10/h21-28,31-36H,17-20H2,1-16H3/t23-,24-,25-,26+,27+,28+,31?,32?,33-,34-,35+,36+/m0/s1. The minimum atomic E-state index is -2.05. The zero-order valence-electron chi connectivity index (χ0n) is 33.2. The Morgan fingerprint density at radius 2 is 0.875 bits per heavy atom. The van der Waals surface area contributed by atoms with E-state index in [1.54, 1.807) is 14.2 Å². The molecule has 0 saturated carbocycles. The van der Waals surface area contributed by atoms with E-state index in [1.165, 1.54) is 0 Å². The third-order valence-corrected chi connectivity index (χ3v) is 21.3. The topological polar surface area (TPSA) is 73.8 Å². The molecule has 2 saturated heterocycles. The number of ether oxygens (including phenoxy) is 6. The van der Waals surface area contributed by atoms with Crippen molar-refractivity contribution in [1.29, 1.82) is 0 Å². The van der Waals surface area contributed by atoms with Gasteiger partial charge in [-0.05, 0) is 73.8 Å². The molecule has 2 unspecified atom stereocenters. The Labute approximate surface area is 295 Å². The summed E-state index contributed by atoms with van der Waals surface area (Å²) < 4.78 is 52.6. The smallest absolute Gasteiger partial charge is 0.250 e. The second kappa shape index (κ2) is 15.1. The Bertz CT molecular complexity index is 1050. The van der Waals surface area contributed by atoms with E-state index in [1.807, 2.05) is 12.2 Å². The first-order valence-electron chi connectivity index (χ1n) is 18.6. The van der Waals surface area contributed by atoms with Gasteiger partial charge in [-0.3, -0.25) is 0 Å². The van der Waals surface area contributed by atoms with Crippen LogP contribution in [0.15, 0.2) is 23.7 Å². The minimum Gasteiger partial charge on any atom is -0.546 e. The van der Waals surface area contributed by atoms with Crippen molar-refractivity contribution < 1.29 is 37.3 Å². The van der Waals surface area contributed by atoms with Crippen molar-refractivity contribution in [3.8, 4) is 0 Å².